The van der Waals surface area contributed by atoms with Crippen LogP contribution in [0.15, 0.2) is 6.33 Å². The highest BCUT2D eigenvalue weighted by Gasteiger charge is 2.11. The van der Waals surface area contributed by atoms with E-state index < -0.39 is 0 Å². The lowest BCUT2D eigenvalue weighted by Gasteiger charge is -2.00. The molecule has 0 radical (unpaired) electrons. The minimum atomic E-state index is 0.00241. The summed E-state index contributed by atoms with van der Waals surface area (Å²) in [5, 5.41) is 0.194. The van der Waals surface area contributed by atoms with Crippen molar-refractivity contribution in [3.8, 4) is 0 Å². The van der Waals surface area contributed by atoms with Gasteiger partial charge in [0.2, 0.25) is 5.95 Å². The molecular formula is C8H8ClN5O. The number of nitrogens with two attached hydrogens (primary N) is 1. The number of nitrogen functional groups attached to an aromatic ring is 1. The van der Waals surface area contributed by atoms with E-state index in [1.807, 2.05) is 0 Å². The molecule has 0 aromatic carbocycles. The number of halogens is 1. The summed E-state index contributed by atoms with van der Waals surface area (Å²) in [6.07, 6.45) is 1.49. The number of ketones is 1. The molecule has 0 aliphatic carbocycles. The molecule has 2 N–H and O–H groups in total. The number of fused-ring (bicyclic) bond motifs is 1. The Labute approximate surface area is 90.1 Å². The minimum absolute atomic E-state index is 0.00241. The van der Waals surface area contributed by atoms with Crippen molar-refractivity contribution in [1.82, 2.24) is 19.5 Å². The maximum absolute atomic E-state index is 11.0. The lowest BCUT2D eigenvalue weighted by atomic mass is 10.4. The van der Waals surface area contributed by atoms with E-state index in [0.717, 1.165) is 0 Å². The van der Waals surface area contributed by atoms with E-state index >= 15 is 0 Å². The molecule has 7 heteroatoms. The van der Waals surface area contributed by atoms with E-state index in [-0.39, 0.29) is 23.4 Å². The Morgan fingerprint density at radius 2 is 2.33 bits per heavy atom. The Balaban J connectivity index is 2.63. The first kappa shape index (κ1) is 9.85. The predicted octanol–water partition coefficient (Wildman–Crippen LogP) is 0.651. The van der Waals surface area contributed by atoms with Crippen LogP contribution in [0.1, 0.15) is 6.92 Å². The van der Waals surface area contributed by atoms with Gasteiger partial charge in [-0.15, -0.1) is 0 Å². The molecule has 2 aromatic rings. The molecule has 0 bridgehead atoms. The van der Waals surface area contributed by atoms with E-state index in [1.165, 1.54) is 13.3 Å². The highest BCUT2D eigenvalue weighted by atomic mass is 35.5. The molecule has 0 fully saturated rings. The molecule has 0 spiro atoms. The highest BCUT2D eigenvalue weighted by Crippen LogP contribution is 2.19. The van der Waals surface area contributed by atoms with Gasteiger partial charge < -0.3 is 10.3 Å². The minimum Gasteiger partial charge on any atom is -0.368 e. The van der Waals surface area contributed by atoms with Gasteiger partial charge in [-0.2, -0.15) is 9.97 Å². The lowest BCUT2D eigenvalue weighted by Crippen LogP contribution is -2.06. The lowest BCUT2D eigenvalue weighted by molar-refractivity contribution is -0.117. The second-order valence-corrected chi connectivity index (χ2v) is 3.48. The second-order valence-electron chi connectivity index (χ2n) is 3.12. The Bertz CT molecular complexity index is 535. The fourth-order valence-electron chi connectivity index (χ4n) is 1.28. The van der Waals surface area contributed by atoms with Gasteiger partial charge in [-0.3, -0.25) is 4.79 Å². The maximum atomic E-state index is 11.0. The zero-order valence-electron chi connectivity index (χ0n) is 7.94. The molecule has 15 heavy (non-hydrogen) atoms. The van der Waals surface area contributed by atoms with Gasteiger partial charge in [-0.25, -0.2) is 4.98 Å². The third-order valence-electron chi connectivity index (χ3n) is 1.83. The zero-order valence-corrected chi connectivity index (χ0v) is 8.69. The SMILES string of the molecule is CC(=O)Cn1cnc2c(Cl)nc(N)nc21. The number of imidazole rings is 1. The van der Waals surface area contributed by atoms with E-state index in [0.29, 0.717) is 11.2 Å². The number of Topliss-reactive ketones (excluding diaryl/α,β-unsaturated/α-hetero) is 1. The van der Waals surface area contributed by atoms with Gasteiger partial charge in [0.15, 0.2) is 10.8 Å². The van der Waals surface area contributed by atoms with Gasteiger partial charge in [0.05, 0.1) is 12.9 Å². The van der Waals surface area contributed by atoms with Crippen LogP contribution in [0.4, 0.5) is 5.95 Å². The number of carbonyl (C=O) groups is 1. The molecule has 2 rings (SSSR count). The van der Waals surface area contributed by atoms with Crippen molar-refractivity contribution in [1.29, 1.82) is 0 Å². The topological polar surface area (TPSA) is 86.7 Å². The van der Waals surface area contributed by atoms with Crippen molar-refractivity contribution < 1.29 is 4.79 Å². The van der Waals surface area contributed by atoms with Gasteiger partial charge >= 0.3 is 0 Å². The zero-order chi connectivity index (χ0) is 11.0. The van der Waals surface area contributed by atoms with Crippen LogP contribution in [0.3, 0.4) is 0 Å². The van der Waals surface area contributed by atoms with Crippen LogP contribution in [0.25, 0.3) is 11.2 Å². The smallest absolute Gasteiger partial charge is 0.223 e. The number of aromatic nitrogens is 4. The first-order chi connectivity index (χ1) is 7.08. The van der Waals surface area contributed by atoms with Crippen LogP contribution in [-0.2, 0) is 11.3 Å². The van der Waals surface area contributed by atoms with Crippen molar-refractivity contribution in [2.24, 2.45) is 0 Å². The van der Waals surface area contributed by atoms with Crippen molar-refractivity contribution in [3.05, 3.63) is 11.5 Å². The van der Waals surface area contributed by atoms with Gasteiger partial charge in [0.25, 0.3) is 0 Å². The monoisotopic (exact) mass is 225 g/mol. The standard InChI is InChI=1S/C8H8ClN5O/c1-4(15)2-14-3-11-5-6(9)12-8(10)13-7(5)14/h3H,2H2,1H3,(H2,10,12,13). The largest absolute Gasteiger partial charge is 0.368 e. The Kier molecular flexibility index (Phi) is 2.28. The second kappa shape index (κ2) is 3.47. The van der Waals surface area contributed by atoms with Crippen LogP contribution in [0, 0.1) is 0 Å². The molecule has 2 heterocycles. The Morgan fingerprint density at radius 3 is 3.00 bits per heavy atom. The van der Waals surface area contributed by atoms with Crippen molar-refractivity contribution in [3.63, 3.8) is 0 Å². The van der Waals surface area contributed by atoms with Crippen molar-refractivity contribution in [2.45, 2.75) is 13.5 Å². The van der Waals surface area contributed by atoms with E-state index in [2.05, 4.69) is 15.0 Å². The van der Waals surface area contributed by atoms with Gasteiger partial charge in [-0.1, -0.05) is 11.6 Å². The molecule has 0 saturated heterocycles. The fraction of sp³-hybridized carbons (Fsp3) is 0.250. The molecule has 2 aromatic heterocycles. The third-order valence-corrected chi connectivity index (χ3v) is 2.10. The van der Waals surface area contributed by atoms with Crippen LogP contribution in [-0.4, -0.2) is 25.3 Å². The van der Waals surface area contributed by atoms with E-state index in [1.54, 1.807) is 4.57 Å². The summed E-state index contributed by atoms with van der Waals surface area (Å²) in [6, 6.07) is 0. The summed E-state index contributed by atoms with van der Waals surface area (Å²) in [5.41, 5.74) is 6.38. The van der Waals surface area contributed by atoms with Crippen LogP contribution < -0.4 is 5.73 Å². The summed E-state index contributed by atoms with van der Waals surface area (Å²) in [6.45, 7) is 1.68. The average molecular weight is 226 g/mol. The van der Waals surface area contributed by atoms with Crippen LogP contribution >= 0.6 is 11.6 Å². The number of anilines is 1. The molecule has 0 saturated carbocycles. The average Bonchev–Trinajstić information content (AvgIpc) is 2.48. The summed E-state index contributed by atoms with van der Waals surface area (Å²) in [5.74, 6) is 0.0698. The molecule has 6 nitrogen and oxygen atoms in total. The summed E-state index contributed by atoms with van der Waals surface area (Å²) in [7, 11) is 0. The molecule has 0 amide bonds. The van der Waals surface area contributed by atoms with Crippen molar-refractivity contribution in [2.75, 3.05) is 5.73 Å². The van der Waals surface area contributed by atoms with Gasteiger partial charge in [-0.05, 0) is 6.92 Å². The normalized spacial score (nSPS) is 10.8. The Hall–Kier alpha value is -1.69. The fourth-order valence-corrected chi connectivity index (χ4v) is 1.50. The number of rotatable bonds is 2. The van der Waals surface area contributed by atoms with Gasteiger partial charge in [0.1, 0.15) is 11.3 Å². The summed E-state index contributed by atoms with van der Waals surface area (Å²) in [4.78, 5) is 22.7. The van der Waals surface area contributed by atoms with E-state index in [9.17, 15) is 4.79 Å². The molecular weight excluding hydrogens is 218 g/mol. The summed E-state index contributed by atoms with van der Waals surface area (Å²) < 4.78 is 1.58. The molecule has 0 aliphatic rings. The number of nitrogens with zero attached hydrogens (tertiary/aromatic N) is 4. The van der Waals surface area contributed by atoms with Crippen LogP contribution in [0.5, 0.6) is 0 Å². The van der Waals surface area contributed by atoms with E-state index in [4.69, 9.17) is 17.3 Å². The number of hydrogen-bond donors (Lipinski definition) is 1. The van der Waals surface area contributed by atoms with Crippen molar-refractivity contribution >= 4 is 34.5 Å². The predicted molar refractivity (Wildman–Crippen MR) is 55.4 cm³/mol. The summed E-state index contributed by atoms with van der Waals surface area (Å²) >= 11 is 5.82. The number of carbonyl (C=O) groups excluding carboxylic acids is 1. The highest BCUT2D eigenvalue weighted by molar-refractivity contribution is 6.33. The molecule has 0 unspecified atom stereocenters. The molecule has 78 valence electrons. The quantitative estimate of drug-likeness (QED) is 0.759. The first-order valence-corrected chi connectivity index (χ1v) is 4.59. The van der Waals surface area contributed by atoms with Gasteiger partial charge in [0, 0.05) is 0 Å². The number of hydrogen-bond acceptors (Lipinski definition) is 5. The maximum Gasteiger partial charge on any atom is 0.223 e. The Morgan fingerprint density at radius 1 is 1.60 bits per heavy atom. The van der Waals surface area contributed by atoms with Crippen LogP contribution in [0.2, 0.25) is 5.15 Å². The molecule has 0 atom stereocenters. The first-order valence-electron chi connectivity index (χ1n) is 4.21. The molecule has 0 aliphatic heterocycles. The third kappa shape index (κ3) is 1.75.